The van der Waals surface area contributed by atoms with Gasteiger partial charge in [0.2, 0.25) is 0 Å². The summed E-state index contributed by atoms with van der Waals surface area (Å²) < 4.78 is 37.9. The van der Waals surface area contributed by atoms with Gasteiger partial charge >= 0.3 is 6.18 Å². The van der Waals surface area contributed by atoms with Crippen molar-refractivity contribution in [3.63, 3.8) is 0 Å². The average Bonchev–Trinajstić information content (AvgIpc) is 2.22. The Kier molecular flexibility index (Phi) is 4.00. The molecule has 0 saturated heterocycles. The van der Waals surface area contributed by atoms with E-state index in [1.807, 2.05) is 0 Å². The fourth-order valence-electron chi connectivity index (χ4n) is 2.36. The first-order valence-corrected chi connectivity index (χ1v) is 6.78. The molecule has 1 aromatic rings. The highest BCUT2D eigenvalue weighted by Gasteiger charge is 2.33. The van der Waals surface area contributed by atoms with E-state index in [4.69, 9.17) is 11.6 Å². The van der Waals surface area contributed by atoms with Crippen LogP contribution in [0.4, 0.5) is 18.9 Å². The molecule has 1 saturated carbocycles. The summed E-state index contributed by atoms with van der Waals surface area (Å²) in [5.74, 6) is 1.28. The number of alkyl halides is 3. The minimum Gasteiger partial charge on any atom is -0.381 e. The first-order chi connectivity index (χ1) is 8.77. The number of nitrogens with one attached hydrogen (secondary N) is 1. The van der Waals surface area contributed by atoms with Crippen molar-refractivity contribution in [2.24, 2.45) is 11.8 Å². The van der Waals surface area contributed by atoms with Gasteiger partial charge in [0.1, 0.15) is 0 Å². The number of hydrogen-bond donors (Lipinski definition) is 1. The highest BCUT2D eigenvalue weighted by molar-refractivity contribution is 6.33. The smallest absolute Gasteiger partial charge is 0.381 e. The van der Waals surface area contributed by atoms with Gasteiger partial charge in [0.05, 0.1) is 16.3 Å². The van der Waals surface area contributed by atoms with Gasteiger partial charge in [-0.25, -0.2) is 0 Å². The summed E-state index contributed by atoms with van der Waals surface area (Å²) in [6.45, 7) is 4.33. The number of rotatable bonds is 3. The Morgan fingerprint density at radius 3 is 2.42 bits per heavy atom. The molecule has 0 unspecified atom stereocenters. The molecular formula is C14H17ClF3N. The maximum absolute atomic E-state index is 12.6. The van der Waals surface area contributed by atoms with Crippen molar-refractivity contribution in [2.75, 3.05) is 5.32 Å². The first-order valence-electron chi connectivity index (χ1n) is 6.40. The van der Waals surface area contributed by atoms with Crippen LogP contribution in [0, 0.1) is 11.8 Å². The average molecular weight is 292 g/mol. The number of hydrogen-bond acceptors (Lipinski definition) is 1. The van der Waals surface area contributed by atoms with Crippen molar-refractivity contribution < 1.29 is 13.2 Å². The van der Waals surface area contributed by atoms with Crippen molar-refractivity contribution in [3.8, 4) is 0 Å². The lowest BCUT2D eigenvalue weighted by Crippen LogP contribution is -2.38. The lowest BCUT2D eigenvalue weighted by molar-refractivity contribution is -0.137. The van der Waals surface area contributed by atoms with Gasteiger partial charge in [-0.15, -0.1) is 0 Å². The maximum atomic E-state index is 12.6. The second-order valence-corrected chi connectivity index (χ2v) is 5.92. The summed E-state index contributed by atoms with van der Waals surface area (Å²) in [5, 5.41) is 3.45. The molecule has 0 aliphatic heterocycles. The van der Waals surface area contributed by atoms with E-state index in [9.17, 15) is 13.2 Å². The van der Waals surface area contributed by atoms with Gasteiger partial charge in [0.15, 0.2) is 0 Å². The molecule has 0 amide bonds. The van der Waals surface area contributed by atoms with E-state index < -0.39 is 11.7 Å². The van der Waals surface area contributed by atoms with Crippen molar-refractivity contribution >= 4 is 17.3 Å². The minimum absolute atomic E-state index is 0.230. The SMILES string of the molecule is CC(C)C1CC(Nc2cc(C(F)(F)F)ccc2Cl)C1. The van der Waals surface area contributed by atoms with Crippen molar-refractivity contribution in [3.05, 3.63) is 28.8 Å². The molecule has 0 heterocycles. The minimum atomic E-state index is -4.33. The molecular weight excluding hydrogens is 275 g/mol. The summed E-state index contributed by atoms with van der Waals surface area (Å²) in [7, 11) is 0. The van der Waals surface area contributed by atoms with E-state index in [0.29, 0.717) is 22.5 Å². The van der Waals surface area contributed by atoms with Gasteiger partial charge in [-0.05, 0) is 42.9 Å². The highest BCUT2D eigenvalue weighted by Crippen LogP contribution is 2.38. The van der Waals surface area contributed by atoms with Crippen molar-refractivity contribution in [2.45, 2.75) is 38.9 Å². The van der Waals surface area contributed by atoms with Gasteiger partial charge in [0.25, 0.3) is 0 Å². The van der Waals surface area contributed by atoms with Gasteiger partial charge in [0, 0.05) is 6.04 Å². The maximum Gasteiger partial charge on any atom is 0.416 e. The third-order valence-corrected chi connectivity index (χ3v) is 4.10. The van der Waals surface area contributed by atoms with Crippen LogP contribution in [0.5, 0.6) is 0 Å². The highest BCUT2D eigenvalue weighted by atomic mass is 35.5. The third-order valence-electron chi connectivity index (χ3n) is 3.77. The monoisotopic (exact) mass is 291 g/mol. The Morgan fingerprint density at radius 2 is 1.89 bits per heavy atom. The van der Waals surface area contributed by atoms with Gasteiger partial charge in [-0.3, -0.25) is 0 Å². The fourth-order valence-corrected chi connectivity index (χ4v) is 2.53. The molecule has 1 fully saturated rings. The lowest BCUT2D eigenvalue weighted by Gasteiger charge is -2.39. The zero-order valence-electron chi connectivity index (χ0n) is 10.9. The summed E-state index contributed by atoms with van der Waals surface area (Å²) in [6.07, 6.45) is -2.35. The molecule has 106 valence electrons. The van der Waals surface area contributed by atoms with E-state index in [1.54, 1.807) is 0 Å². The van der Waals surface area contributed by atoms with Crippen LogP contribution >= 0.6 is 11.6 Å². The summed E-state index contributed by atoms with van der Waals surface area (Å²) >= 11 is 5.94. The number of anilines is 1. The molecule has 1 N–H and O–H groups in total. The summed E-state index contributed by atoms with van der Waals surface area (Å²) in [5.41, 5.74) is -0.289. The van der Waals surface area contributed by atoms with Crippen LogP contribution in [0.3, 0.4) is 0 Å². The standard InChI is InChI=1S/C14H17ClF3N/c1-8(2)9-5-11(6-9)19-13-7-10(14(16,17)18)3-4-12(13)15/h3-4,7-9,11,19H,5-6H2,1-2H3. The number of halogens is 4. The third kappa shape index (κ3) is 3.35. The molecule has 0 aromatic heterocycles. The first kappa shape index (κ1) is 14.5. The topological polar surface area (TPSA) is 12.0 Å². The van der Waals surface area contributed by atoms with E-state index in [1.165, 1.54) is 6.07 Å². The van der Waals surface area contributed by atoms with Crippen LogP contribution in [0.2, 0.25) is 5.02 Å². The zero-order valence-corrected chi connectivity index (χ0v) is 11.6. The van der Waals surface area contributed by atoms with Crippen LogP contribution in [0.1, 0.15) is 32.3 Å². The molecule has 1 aromatic carbocycles. The quantitative estimate of drug-likeness (QED) is 0.806. The molecule has 1 aliphatic rings. The normalized spacial score (nSPS) is 23.3. The Bertz CT molecular complexity index is 450. The Morgan fingerprint density at radius 1 is 1.26 bits per heavy atom. The zero-order chi connectivity index (χ0) is 14.2. The Hall–Kier alpha value is -0.900. The second-order valence-electron chi connectivity index (χ2n) is 5.51. The molecule has 0 bridgehead atoms. The second kappa shape index (κ2) is 5.23. The van der Waals surface area contributed by atoms with Crippen molar-refractivity contribution in [1.29, 1.82) is 0 Å². The number of benzene rings is 1. The van der Waals surface area contributed by atoms with Crippen LogP contribution in [-0.2, 0) is 6.18 Å². The van der Waals surface area contributed by atoms with E-state index in [0.717, 1.165) is 25.0 Å². The van der Waals surface area contributed by atoms with Crippen LogP contribution in [0.15, 0.2) is 18.2 Å². The van der Waals surface area contributed by atoms with Crippen LogP contribution in [-0.4, -0.2) is 6.04 Å². The Balaban J connectivity index is 2.05. The van der Waals surface area contributed by atoms with Crippen LogP contribution < -0.4 is 5.32 Å². The molecule has 2 rings (SSSR count). The molecule has 0 spiro atoms. The van der Waals surface area contributed by atoms with Gasteiger partial charge < -0.3 is 5.32 Å². The Labute approximate surface area is 116 Å². The van der Waals surface area contributed by atoms with E-state index >= 15 is 0 Å². The lowest BCUT2D eigenvalue weighted by atomic mass is 9.73. The summed E-state index contributed by atoms with van der Waals surface area (Å²) in [4.78, 5) is 0. The molecule has 19 heavy (non-hydrogen) atoms. The van der Waals surface area contributed by atoms with Gasteiger partial charge in [-0.1, -0.05) is 25.4 Å². The molecule has 1 aliphatic carbocycles. The van der Waals surface area contributed by atoms with E-state index in [-0.39, 0.29) is 6.04 Å². The van der Waals surface area contributed by atoms with Crippen LogP contribution in [0.25, 0.3) is 0 Å². The predicted molar refractivity (Wildman–Crippen MR) is 71.4 cm³/mol. The van der Waals surface area contributed by atoms with Crippen molar-refractivity contribution in [1.82, 2.24) is 0 Å². The van der Waals surface area contributed by atoms with Gasteiger partial charge in [-0.2, -0.15) is 13.2 Å². The summed E-state index contributed by atoms with van der Waals surface area (Å²) in [6, 6.07) is 3.62. The molecule has 1 nitrogen and oxygen atoms in total. The molecule has 0 radical (unpaired) electrons. The predicted octanol–water partition coefficient (Wildman–Crippen LogP) is 5.21. The molecule has 5 heteroatoms. The largest absolute Gasteiger partial charge is 0.416 e. The van der Waals surface area contributed by atoms with E-state index in [2.05, 4.69) is 19.2 Å². The molecule has 0 atom stereocenters. The fraction of sp³-hybridized carbons (Fsp3) is 0.571.